The first-order chi connectivity index (χ1) is 12.0. The number of nitrogens with one attached hydrogen (secondary N) is 3. The summed E-state index contributed by atoms with van der Waals surface area (Å²) < 4.78 is 0. The topological polar surface area (TPSA) is 111 Å². The summed E-state index contributed by atoms with van der Waals surface area (Å²) in [6, 6.07) is 6.80. The first-order valence-electron chi connectivity index (χ1n) is 8.31. The number of carbonyl (C=O) groups is 3. The fourth-order valence-corrected chi connectivity index (χ4v) is 2.67. The summed E-state index contributed by atoms with van der Waals surface area (Å²) in [5.74, 6) is -1.74. The number of carboxylic acid groups (broad SMARTS) is 1. The van der Waals surface area contributed by atoms with Gasteiger partial charge in [0.2, 0.25) is 5.91 Å². The van der Waals surface area contributed by atoms with Crippen LogP contribution < -0.4 is 20.9 Å². The number of anilines is 1. The van der Waals surface area contributed by atoms with Crippen molar-refractivity contribution in [2.45, 2.75) is 19.4 Å². The molecule has 1 aromatic rings. The van der Waals surface area contributed by atoms with Gasteiger partial charge in [0.05, 0.1) is 13.0 Å². The molecule has 4 N–H and O–H groups in total. The third-order valence-corrected chi connectivity index (χ3v) is 3.89. The maximum absolute atomic E-state index is 12.2. The summed E-state index contributed by atoms with van der Waals surface area (Å²) in [7, 11) is 0. The number of amides is 2. The number of aliphatic carboxylic acids is 1. The standard InChI is InChI=1S/C17H24N4O4/c1-12(9-16(23)24)20-15(22)11-19-17(25)13-3-2-4-14(10-13)21-7-5-18-6-8-21/h2-4,10,12,18H,5-9,11H2,1H3,(H,19,25)(H,20,22)(H,23,24)/t12-/m1/s1. The number of piperazine rings is 1. The molecule has 1 heterocycles. The van der Waals surface area contributed by atoms with E-state index in [9.17, 15) is 14.4 Å². The molecule has 136 valence electrons. The van der Waals surface area contributed by atoms with E-state index >= 15 is 0 Å². The van der Waals surface area contributed by atoms with Gasteiger partial charge < -0.3 is 26.0 Å². The van der Waals surface area contributed by atoms with Gasteiger partial charge >= 0.3 is 5.97 Å². The Hall–Kier alpha value is -2.61. The molecule has 0 aromatic heterocycles. The molecule has 0 radical (unpaired) electrons. The third-order valence-electron chi connectivity index (χ3n) is 3.89. The lowest BCUT2D eigenvalue weighted by molar-refractivity contribution is -0.137. The van der Waals surface area contributed by atoms with Crippen LogP contribution in [0.1, 0.15) is 23.7 Å². The minimum atomic E-state index is -0.985. The minimum Gasteiger partial charge on any atom is -0.481 e. The largest absolute Gasteiger partial charge is 0.481 e. The molecule has 8 heteroatoms. The quantitative estimate of drug-likeness (QED) is 0.543. The summed E-state index contributed by atoms with van der Waals surface area (Å²) in [6.45, 7) is 4.99. The van der Waals surface area contributed by atoms with Crippen molar-refractivity contribution >= 4 is 23.5 Å². The van der Waals surface area contributed by atoms with E-state index in [-0.39, 0.29) is 18.9 Å². The normalized spacial score (nSPS) is 15.3. The maximum Gasteiger partial charge on any atom is 0.305 e. The Morgan fingerprint density at radius 1 is 1.28 bits per heavy atom. The van der Waals surface area contributed by atoms with Gasteiger partial charge in [-0.05, 0) is 25.1 Å². The van der Waals surface area contributed by atoms with Gasteiger partial charge in [0.15, 0.2) is 0 Å². The molecule has 0 unspecified atom stereocenters. The third kappa shape index (κ3) is 6.07. The molecule has 2 rings (SSSR count). The smallest absolute Gasteiger partial charge is 0.305 e. The molecular formula is C17H24N4O4. The van der Waals surface area contributed by atoms with Crippen LogP contribution in [0, 0.1) is 0 Å². The Balaban J connectivity index is 1.86. The Labute approximate surface area is 146 Å². The fraction of sp³-hybridized carbons (Fsp3) is 0.471. The average Bonchev–Trinajstić information content (AvgIpc) is 2.59. The Kier molecular flexibility index (Phi) is 6.76. The molecule has 1 aromatic carbocycles. The van der Waals surface area contributed by atoms with Crippen LogP contribution in [0.25, 0.3) is 0 Å². The molecule has 25 heavy (non-hydrogen) atoms. The number of rotatable bonds is 7. The van der Waals surface area contributed by atoms with Crippen LogP contribution >= 0.6 is 0 Å². The zero-order valence-electron chi connectivity index (χ0n) is 14.2. The second-order valence-corrected chi connectivity index (χ2v) is 6.04. The van der Waals surface area contributed by atoms with Crippen molar-refractivity contribution in [1.82, 2.24) is 16.0 Å². The van der Waals surface area contributed by atoms with E-state index in [1.165, 1.54) is 0 Å². The van der Waals surface area contributed by atoms with Crippen molar-refractivity contribution < 1.29 is 19.5 Å². The van der Waals surface area contributed by atoms with E-state index in [1.807, 2.05) is 18.2 Å². The highest BCUT2D eigenvalue weighted by atomic mass is 16.4. The number of hydrogen-bond acceptors (Lipinski definition) is 5. The van der Waals surface area contributed by atoms with Crippen LogP contribution in [0.5, 0.6) is 0 Å². The fourth-order valence-electron chi connectivity index (χ4n) is 2.67. The Morgan fingerprint density at radius 2 is 2.00 bits per heavy atom. The number of benzene rings is 1. The first-order valence-corrected chi connectivity index (χ1v) is 8.31. The van der Waals surface area contributed by atoms with Gasteiger partial charge in [-0.25, -0.2) is 0 Å². The highest BCUT2D eigenvalue weighted by Gasteiger charge is 2.15. The summed E-state index contributed by atoms with van der Waals surface area (Å²) in [6.07, 6.45) is -0.160. The first kappa shape index (κ1) is 18.7. The molecule has 8 nitrogen and oxygen atoms in total. The van der Waals surface area contributed by atoms with Gasteiger partial charge in [0, 0.05) is 43.5 Å². The SMILES string of the molecule is C[C@H](CC(=O)O)NC(=O)CNC(=O)c1cccc(N2CCNCC2)c1. The van der Waals surface area contributed by atoms with E-state index < -0.39 is 17.9 Å². The van der Waals surface area contributed by atoms with Crippen LogP contribution in [-0.4, -0.2) is 61.7 Å². The van der Waals surface area contributed by atoms with Gasteiger partial charge in [-0.1, -0.05) is 6.07 Å². The second-order valence-electron chi connectivity index (χ2n) is 6.04. The molecule has 1 fully saturated rings. The molecule has 0 aliphatic carbocycles. The van der Waals surface area contributed by atoms with Gasteiger partial charge in [-0.3, -0.25) is 14.4 Å². The van der Waals surface area contributed by atoms with E-state index in [1.54, 1.807) is 13.0 Å². The zero-order chi connectivity index (χ0) is 18.2. The van der Waals surface area contributed by atoms with Crippen molar-refractivity contribution in [3.05, 3.63) is 29.8 Å². The van der Waals surface area contributed by atoms with Gasteiger partial charge in [0.1, 0.15) is 0 Å². The zero-order valence-corrected chi connectivity index (χ0v) is 14.2. The van der Waals surface area contributed by atoms with Crippen molar-refractivity contribution in [2.24, 2.45) is 0 Å². The lowest BCUT2D eigenvalue weighted by atomic mass is 10.1. The van der Waals surface area contributed by atoms with Crippen LogP contribution in [0.2, 0.25) is 0 Å². The molecule has 0 bridgehead atoms. The molecule has 1 aliphatic heterocycles. The van der Waals surface area contributed by atoms with E-state index in [0.29, 0.717) is 5.56 Å². The second kappa shape index (κ2) is 9.03. The molecule has 2 amide bonds. The van der Waals surface area contributed by atoms with Gasteiger partial charge in [0.25, 0.3) is 5.91 Å². The summed E-state index contributed by atoms with van der Waals surface area (Å²) in [5.41, 5.74) is 1.47. The molecule has 1 saturated heterocycles. The molecule has 1 atom stereocenters. The number of hydrogen-bond donors (Lipinski definition) is 4. The number of carbonyl (C=O) groups excluding carboxylic acids is 2. The van der Waals surface area contributed by atoms with Crippen molar-refractivity contribution in [3.8, 4) is 0 Å². The van der Waals surface area contributed by atoms with Crippen molar-refractivity contribution in [1.29, 1.82) is 0 Å². The molecular weight excluding hydrogens is 324 g/mol. The van der Waals surface area contributed by atoms with Gasteiger partial charge in [-0.2, -0.15) is 0 Å². The molecule has 0 saturated carbocycles. The summed E-state index contributed by atoms with van der Waals surface area (Å²) in [5, 5.41) is 17.0. The lowest BCUT2D eigenvalue weighted by Crippen LogP contribution is -2.43. The maximum atomic E-state index is 12.2. The predicted octanol–water partition coefficient (Wildman–Crippen LogP) is -0.195. The molecule has 0 spiro atoms. The molecule has 1 aliphatic rings. The highest BCUT2D eigenvalue weighted by Crippen LogP contribution is 2.16. The van der Waals surface area contributed by atoms with Crippen LogP contribution in [0.15, 0.2) is 24.3 Å². The monoisotopic (exact) mass is 348 g/mol. The van der Waals surface area contributed by atoms with E-state index in [0.717, 1.165) is 31.9 Å². The minimum absolute atomic E-state index is 0.160. The van der Waals surface area contributed by atoms with Crippen LogP contribution in [-0.2, 0) is 9.59 Å². The van der Waals surface area contributed by atoms with Crippen molar-refractivity contribution in [3.63, 3.8) is 0 Å². The lowest BCUT2D eigenvalue weighted by Gasteiger charge is -2.29. The van der Waals surface area contributed by atoms with E-state index in [2.05, 4.69) is 20.9 Å². The number of carboxylic acids is 1. The summed E-state index contributed by atoms with van der Waals surface area (Å²) in [4.78, 5) is 36.8. The Bertz CT molecular complexity index is 629. The predicted molar refractivity (Wildman–Crippen MR) is 93.7 cm³/mol. The number of nitrogens with zero attached hydrogens (tertiary/aromatic N) is 1. The van der Waals surface area contributed by atoms with Crippen molar-refractivity contribution in [2.75, 3.05) is 37.6 Å². The highest BCUT2D eigenvalue weighted by molar-refractivity contribution is 5.97. The average molecular weight is 348 g/mol. The Morgan fingerprint density at radius 3 is 2.68 bits per heavy atom. The van der Waals surface area contributed by atoms with E-state index in [4.69, 9.17) is 5.11 Å². The van der Waals surface area contributed by atoms with Gasteiger partial charge in [-0.15, -0.1) is 0 Å². The summed E-state index contributed by atoms with van der Waals surface area (Å²) >= 11 is 0. The van der Waals surface area contributed by atoms with Crippen LogP contribution in [0.4, 0.5) is 5.69 Å². The van der Waals surface area contributed by atoms with Crippen LogP contribution in [0.3, 0.4) is 0 Å².